The Morgan fingerprint density at radius 1 is 1.33 bits per heavy atom. The van der Waals surface area contributed by atoms with Gasteiger partial charge in [0.15, 0.2) is 5.60 Å². The molecule has 0 amide bonds. The molecule has 0 aromatic heterocycles. The van der Waals surface area contributed by atoms with Crippen LogP contribution >= 0.6 is 45.2 Å². The fourth-order valence-electron chi connectivity index (χ4n) is 1.23. The third-order valence-electron chi connectivity index (χ3n) is 2.45. The van der Waals surface area contributed by atoms with Crippen molar-refractivity contribution in [2.45, 2.75) is 18.4 Å². The van der Waals surface area contributed by atoms with Gasteiger partial charge in [-0.05, 0) is 69.8 Å². The molecule has 8 heteroatoms. The monoisotopic (exact) mass is 483 g/mol. The Morgan fingerprint density at radius 3 is 2.06 bits per heavy atom. The van der Waals surface area contributed by atoms with E-state index in [0.717, 1.165) is 12.1 Å². The molecule has 0 saturated carbocycles. The van der Waals surface area contributed by atoms with Gasteiger partial charge in [-0.2, -0.15) is 8.78 Å². The second-order valence-electron chi connectivity index (χ2n) is 3.72. The van der Waals surface area contributed by atoms with Crippen LogP contribution in [0.4, 0.5) is 8.78 Å². The number of carboxylic acid groups (broad SMARTS) is 1. The van der Waals surface area contributed by atoms with Gasteiger partial charge in [-0.3, -0.25) is 0 Å². The first-order valence-corrected chi connectivity index (χ1v) is 6.67. The van der Waals surface area contributed by atoms with Gasteiger partial charge in [0.2, 0.25) is 0 Å². The molecule has 1 unspecified atom stereocenters. The summed E-state index contributed by atoms with van der Waals surface area (Å²) in [7, 11) is 0. The number of aliphatic carboxylic acids is 1. The Hall–Kier alpha value is -0.230. The SMILES string of the molecule is CC(O)(c1cc(I)c(O)c(I)c1)C(F)(F)C(=O)[O-]. The van der Waals surface area contributed by atoms with Crippen LogP contribution in [0.5, 0.6) is 5.75 Å². The van der Waals surface area contributed by atoms with Crippen LogP contribution < -0.4 is 5.11 Å². The highest BCUT2D eigenvalue weighted by Crippen LogP contribution is 2.40. The number of halogens is 4. The molecule has 0 aliphatic rings. The van der Waals surface area contributed by atoms with E-state index in [1.54, 1.807) is 45.2 Å². The first kappa shape index (κ1) is 15.8. The number of benzene rings is 1. The molecule has 4 nitrogen and oxygen atoms in total. The molecule has 0 fully saturated rings. The Bertz CT molecular complexity index is 480. The summed E-state index contributed by atoms with van der Waals surface area (Å²) in [6, 6.07) is 2.18. The van der Waals surface area contributed by atoms with Gasteiger partial charge in [0, 0.05) is 0 Å². The van der Waals surface area contributed by atoms with Crippen LogP contribution in [0.3, 0.4) is 0 Å². The van der Waals surface area contributed by atoms with Crippen LogP contribution in [0.2, 0.25) is 0 Å². The summed E-state index contributed by atoms with van der Waals surface area (Å²) in [6.07, 6.45) is 0. The number of phenols is 1. The third-order valence-corrected chi connectivity index (χ3v) is 4.09. The maximum absolute atomic E-state index is 13.4. The second kappa shape index (κ2) is 5.04. The second-order valence-corrected chi connectivity index (χ2v) is 6.05. The molecule has 1 aromatic carbocycles. The van der Waals surface area contributed by atoms with Gasteiger partial charge < -0.3 is 20.1 Å². The van der Waals surface area contributed by atoms with Crippen molar-refractivity contribution in [1.82, 2.24) is 0 Å². The molecule has 0 bridgehead atoms. The third kappa shape index (κ3) is 2.54. The summed E-state index contributed by atoms with van der Waals surface area (Å²) in [4.78, 5) is 10.4. The summed E-state index contributed by atoms with van der Waals surface area (Å²) in [5.41, 5.74) is -3.25. The molecule has 0 heterocycles. The van der Waals surface area contributed by atoms with E-state index >= 15 is 0 Å². The number of rotatable bonds is 3. The quantitative estimate of drug-likeness (QED) is 0.634. The predicted molar refractivity (Wildman–Crippen MR) is 73.1 cm³/mol. The number of alkyl halides is 2. The summed E-state index contributed by atoms with van der Waals surface area (Å²) in [5.74, 6) is -7.23. The predicted octanol–water partition coefficient (Wildman–Crippen LogP) is 1.19. The van der Waals surface area contributed by atoms with Crippen molar-refractivity contribution >= 4 is 51.2 Å². The van der Waals surface area contributed by atoms with E-state index in [1.165, 1.54) is 0 Å². The number of aliphatic hydroxyl groups is 1. The molecule has 0 saturated heterocycles. The van der Waals surface area contributed by atoms with Crippen molar-refractivity contribution < 1.29 is 28.9 Å². The van der Waals surface area contributed by atoms with Crippen molar-refractivity contribution in [3.8, 4) is 5.75 Å². The molecule has 0 spiro atoms. The summed E-state index contributed by atoms with van der Waals surface area (Å²) in [6.45, 7) is 0.682. The van der Waals surface area contributed by atoms with Gasteiger partial charge in [-0.15, -0.1) is 0 Å². The molecule has 0 aliphatic carbocycles. The van der Waals surface area contributed by atoms with E-state index < -0.39 is 17.5 Å². The van der Waals surface area contributed by atoms with E-state index in [9.17, 15) is 28.9 Å². The van der Waals surface area contributed by atoms with Crippen LogP contribution in [0.15, 0.2) is 12.1 Å². The summed E-state index contributed by atoms with van der Waals surface area (Å²) < 4.78 is 27.2. The van der Waals surface area contributed by atoms with Crippen LogP contribution in [-0.2, 0) is 10.4 Å². The van der Waals surface area contributed by atoms with E-state index in [0.29, 0.717) is 6.92 Å². The number of phenolic OH excluding ortho intramolecular Hbond substituents is 1. The highest BCUT2D eigenvalue weighted by atomic mass is 127. The lowest BCUT2D eigenvalue weighted by molar-refractivity contribution is -0.344. The van der Waals surface area contributed by atoms with Gasteiger partial charge in [-0.25, -0.2) is 0 Å². The van der Waals surface area contributed by atoms with Crippen molar-refractivity contribution in [2.24, 2.45) is 0 Å². The number of carbonyl (C=O) groups excluding carboxylic acids is 1. The van der Waals surface area contributed by atoms with E-state index in [4.69, 9.17) is 0 Å². The fourth-order valence-corrected chi connectivity index (χ4v) is 2.99. The molecule has 18 heavy (non-hydrogen) atoms. The normalized spacial score (nSPS) is 15.2. The maximum atomic E-state index is 13.4. The highest BCUT2D eigenvalue weighted by Gasteiger charge is 2.52. The topological polar surface area (TPSA) is 80.6 Å². The van der Waals surface area contributed by atoms with Gasteiger partial charge in [-0.1, -0.05) is 0 Å². The van der Waals surface area contributed by atoms with Crippen molar-refractivity contribution in [3.05, 3.63) is 24.8 Å². The van der Waals surface area contributed by atoms with Gasteiger partial charge in [0.05, 0.1) is 7.14 Å². The number of aromatic hydroxyl groups is 1. The summed E-state index contributed by atoms with van der Waals surface area (Å²) >= 11 is 3.37. The molecular weight excluding hydrogens is 476 g/mol. The standard InChI is InChI=1S/C10H8F2I2O4/c1-9(18,10(11,12)8(16)17)4-2-5(13)7(15)6(14)3-4/h2-3,15,18H,1H3,(H,16,17)/p-1. The molecule has 1 atom stereocenters. The first-order valence-electron chi connectivity index (χ1n) is 4.52. The maximum Gasteiger partial charge on any atom is 0.319 e. The first-order chi connectivity index (χ1) is 8.01. The Morgan fingerprint density at radius 2 is 1.72 bits per heavy atom. The van der Waals surface area contributed by atoms with E-state index in [-0.39, 0.29) is 18.5 Å². The summed E-state index contributed by atoms with van der Waals surface area (Å²) in [5, 5.41) is 29.7. The molecular formula is C10H7F2I2O4-. The minimum absolute atomic E-state index is 0.118. The molecule has 1 aromatic rings. The lowest BCUT2D eigenvalue weighted by atomic mass is 9.89. The van der Waals surface area contributed by atoms with Crippen LogP contribution in [0.1, 0.15) is 12.5 Å². The van der Waals surface area contributed by atoms with Crippen molar-refractivity contribution in [3.63, 3.8) is 0 Å². The Labute approximate surface area is 128 Å². The van der Waals surface area contributed by atoms with Crippen molar-refractivity contribution in [1.29, 1.82) is 0 Å². The fraction of sp³-hybridized carbons (Fsp3) is 0.300. The molecule has 100 valence electrons. The Balaban J connectivity index is 3.42. The van der Waals surface area contributed by atoms with Gasteiger partial charge >= 0.3 is 5.92 Å². The Kier molecular flexibility index (Phi) is 4.43. The van der Waals surface area contributed by atoms with Gasteiger partial charge in [0.1, 0.15) is 11.7 Å². The van der Waals surface area contributed by atoms with Crippen molar-refractivity contribution in [2.75, 3.05) is 0 Å². The highest BCUT2D eigenvalue weighted by molar-refractivity contribution is 14.1. The van der Waals surface area contributed by atoms with E-state index in [1.807, 2.05) is 0 Å². The number of hydrogen-bond acceptors (Lipinski definition) is 4. The lowest BCUT2D eigenvalue weighted by Gasteiger charge is -2.33. The van der Waals surface area contributed by atoms with Crippen LogP contribution in [-0.4, -0.2) is 22.1 Å². The van der Waals surface area contributed by atoms with E-state index in [2.05, 4.69) is 0 Å². The molecule has 0 radical (unpaired) electrons. The minimum atomic E-state index is -4.45. The molecule has 0 aliphatic heterocycles. The zero-order valence-electron chi connectivity index (χ0n) is 8.88. The average Bonchev–Trinajstić information content (AvgIpc) is 2.24. The smallest absolute Gasteiger partial charge is 0.319 e. The van der Waals surface area contributed by atoms with Gasteiger partial charge in [0.25, 0.3) is 0 Å². The number of carboxylic acids is 1. The average molecular weight is 483 g/mol. The zero-order chi connectivity index (χ0) is 14.3. The minimum Gasteiger partial charge on any atom is -0.544 e. The molecule has 2 N–H and O–H groups in total. The number of carbonyl (C=O) groups is 1. The lowest BCUT2D eigenvalue weighted by Crippen LogP contribution is -2.55. The van der Waals surface area contributed by atoms with Crippen LogP contribution in [0.25, 0.3) is 0 Å². The largest absolute Gasteiger partial charge is 0.544 e. The zero-order valence-corrected chi connectivity index (χ0v) is 13.2. The van der Waals surface area contributed by atoms with Crippen LogP contribution in [0, 0.1) is 7.14 Å². The molecule has 1 rings (SSSR count). The number of hydrogen-bond donors (Lipinski definition) is 2.